The Morgan fingerprint density at radius 3 is 2.21 bits per heavy atom. The van der Waals surface area contributed by atoms with Gasteiger partial charge in [0, 0.05) is 5.57 Å². The molecule has 2 nitrogen and oxygen atoms in total. The second kappa shape index (κ2) is 6.45. The molecule has 29 heavy (non-hydrogen) atoms. The molecule has 5 rings (SSSR count). The van der Waals surface area contributed by atoms with E-state index in [4.69, 9.17) is 0 Å². The normalized spacial score (nSPS) is 14.7. The lowest BCUT2D eigenvalue weighted by atomic mass is 9.76. The molecule has 0 atom stereocenters. The lowest BCUT2D eigenvalue weighted by Gasteiger charge is -2.36. The van der Waals surface area contributed by atoms with Gasteiger partial charge in [-0.3, -0.25) is 0 Å². The van der Waals surface area contributed by atoms with Crippen molar-refractivity contribution in [3.05, 3.63) is 90.5 Å². The van der Waals surface area contributed by atoms with Crippen molar-refractivity contribution in [1.29, 1.82) is 0 Å². The fourth-order valence-corrected chi connectivity index (χ4v) is 5.16. The molecule has 0 spiro atoms. The van der Waals surface area contributed by atoms with Crippen LogP contribution in [-0.4, -0.2) is 4.57 Å². The van der Waals surface area contributed by atoms with Gasteiger partial charge in [0.25, 0.3) is 5.82 Å². The molecule has 2 heteroatoms. The van der Waals surface area contributed by atoms with Crippen molar-refractivity contribution in [2.24, 2.45) is 0 Å². The molecule has 2 heterocycles. The van der Waals surface area contributed by atoms with E-state index < -0.39 is 0 Å². The molecule has 0 fully saturated rings. The lowest BCUT2D eigenvalue weighted by molar-refractivity contribution is -0.718. The van der Waals surface area contributed by atoms with Crippen molar-refractivity contribution in [2.45, 2.75) is 39.2 Å². The van der Waals surface area contributed by atoms with Crippen LogP contribution in [0.1, 0.15) is 37.8 Å². The first-order valence-corrected chi connectivity index (χ1v) is 10.5. The van der Waals surface area contributed by atoms with Crippen LogP contribution in [0.15, 0.2) is 79.4 Å². The largest absolute Gasteiger partial charge is 0.296 e. The standard InChI is InChI=1S/C27H27N2/c1-5-27(6-2)20(4)22-14-10-11-15-23(22)26-28(21-12-8-7-9-13-21)25-18-19(3)16-17-24(25)29(26)27/h7-18H,4-6H2,1-3H3/q+1. The van der Waals surface area contributed by atoms with E-state index in [2.05, 4.69) is 109 Å². The van der Waals surface area contributed by atoms with E-state index in [0.717, 1.165) is 12.8 Å². The molecule has 1 aliphatic heterocycles. The zero-order valence-electron chi connectivity index (χ0n) is 17.4. The fourth-order valence-electron chi connectivity index (χ4n) is 5.16. The smallest absolute Gasteiger partial charge is 0.213 e. The number of para-hydroxylation sites is 1. The van der Waals surface area contributed by atoms with Crippen LogP contribution in [-0.2, 0) is 5.54 Å². The summed E-state index contributed by atoms with van der Waals surface area (Å²) < 4.78 is 5.01. The number of rotatable bonds is 3. The van der Waals surface area contributed by atoms with Crippen LogP contribution in [0, 0.1) is 6.92 Å². The van der Waals surface area contributed by atoms with Crippen LogP contribution in [0.5, 0.6) is 0 Å². The number of imidazole rings is 1. The minimum absolute atomic E-state index is 0.128. The number of hydrogen-bond donors (Lipinski definition) is 0. The molecule has 1 aliphatic rings. The molecule has 0 N–H and O–H groups in total. The van der Waals surface area contributed by atoms with E-state index in [0.29, 0.717) is 0 Å². The van der Waals surface area contributed by atoms with E-state index in [1.807, 2.05) is 0 Å². The van der Waals surface area contributed by atoms with Crippen molar-refractivity contribution in [1.82, 2.24) is 4.57 Å². The summed E-state index contributed by atoms with van der Waals surface area (Å²) in [5.74, 6) is 1.25. The molecule has 0 amide bonds. The predicted molar refractivity (Wildman–Crippen MR) is 121 cm³/mol. The topological polar surface area (TPSA) is 8.81 Å². The van der Waals surface area contributed by atoms with E-state index in [1.54, 1.807) is 0 Å². The average Bonchev–Trinajstić information content (AvgIpc) is 3.10. The van der Waals surface area contributed by atoms with Gasteiger partial charge in [-0.25, -0.2) is 4.57 Å². The van der Waals surface area contributed by atoms with Crippen LogP contribution in [0.3, 0.4) is 0 Å². The Labute approximate surface area is 172 Å². The maximum atomic E-state index is 4.63. The van der Waals surface area contributed by atoms with Gasteiger partial charge in [-0.15, -0.1) is 0 Å². The molecule has 0 aliphatic carbocycles. The average molecular weight is 380 g/mol. The highest BCUT2D eigenvalue weighted by atomic mass is 15.2. The number of aryl methyl sites for hydroxylation is 1. The number of allylic oxidation sites excluding steroid dienone is 1. The van der Waals surface area contributed by atoms with Crippen LogP contribution in [0.2, 0.25) is 0 Å². The Bertz CT molecular complexity index is 1240. The number of nitrogens with zero attached hydrogens (tertiary/aromatic N) is 2. The van der Waals surface area contributed by atoms with Gasteiger partial charge in [-0.2, -0.15) is 4.57 Å². The highest BCUT2D eigenvalue weighted by Crippen LogP contribution is 2.46. The fraction of sp³-hybridized carbons (Fsp3) is 0.222. The molecule has 4 aromatic rings. The first kappa shape index (κ1) is 17.9. The number of fused-ring (bicyclic) bond motifs is 5. The molecule has 0 saturated carbocycles. The van der Waals surface area contributed by atoms with E-state index >= 15 is 0 Å². The van der Waals surface area contributed by atoms with E-state index in [1.165, 1.54) is 44.8 Å². The second-order valence-electron chi connectivity index (χ2n) is 8.08. The third-order valence-corrected chi connectivity index (χ3v) is 6.70. The molecular formula is C27H27N2+. The van der Waals surface area contributed by atoms with Crippen LogP contribution in [0.4, 0.5) is 0 Å². The first-order valence-electron chi connectivity index (χ1n) is 10.5. The molecule has 0 radical (unpaired) electrons. The lowest BCUT2D eigenvalue weighted by Crippen LogP contribution is -2.59. The van der Waals surface area contributed by atoms with Gasteiger partial charge < -0.3 is 0 Å². The number of aromatic nitrogens is 2. The minimum Gasteiger partial charge on any atom is -0.213 e. The summed E-state index contributed by atoms with van der Waals surface area (Å²) in [6.45, 7) is 11.4. The maximum Gasteiger partial charge on any atom is 0.296 e. The van der Waals surface area contributed by atoms with Crippen LogP contribution < -0.4 is 4.57 Å². The molecule has 0 saturated heterocycles. The highest BCUT2D eigenvalue weighted by molar-refractivity contribution is 5.88. The van der Waals surface area contributed by atoms with Gasteiger partial charge in [0.15, 0.2) is 11.0 Å². The zero-order valence-corrected chi connectivity index (χ0v) is 17.4. The molecule has 0 unspecified atom stereocenters. The van der Waals surface area contributed by atoms with Crippen LogP contribution >= 0.6 is 0 Å². The Balaban J connectivity index is 2.04. The monoisotopic (exact) mass is 379 g/mol. The van der Waals surface area contributed by atoms with Gasteiger partial charge in [0.1, 0.15) is 11.2 Å². The predicted octanol–water partition coefficient (Wildman–Crippen LogP) is 6.44. The Morgan fingerprint density at radius 1 is 0.862 bits per heavy atom. The summed E-state index contributed by atoms with van der Waals surface area (Å²) in [6.07, 6.45) is 2.02. The summed E-state index contributed by atoms with van der Waals surface area (Å²) in [6, 6.07) is 26.3. The molecule has 3 aromatic carbocycles. The van der Waals surface area contributed by atoms with Crippen molar-refractivity contribution in [3.8, 4) is 17.1 Å². The molecule has 144 valence electrons. The Kier molecular flexibility index (Phi) is 3.99. The summed E-state index contributed by atoms with van der Waals surface area (Å²) in [5.41, 5.74) is 8.62. The van der Waals surface area contributed by atoms with Gasteiger partial charge >= 0.3 is 0 Å². The number of hydrogen-bond acceptors (Lipinski definition) is 0. The van der Waals surface area contributed by atoms with Gasteiger partial charge in [-0.1, -0.05) is 62.9 Å². The molecular weight excluding hydrogens is 352 g/mol. The summed E-state index contributed by atoms with van der Waals surface area (Å²) in [7, 11) is 0. The highest BCUT2D eigenvalue weighted by Gasteiger charge is 2.48. The zero-order chi connectivity index (χ0) is 20.2. The van der Waals surface area contributed by atoms with Crippen molar-refractivity contribution in [2.75, 3.05) is 0 Å². The summed E-state index contributed by atoms with van der Waals surface area (Å²) >= 11 is 0. The quantitative estimate of drug-likeness (QED) is 0.362. The minimum atomic E-state index is -0.128. The van der Waals surface area contributed by atoms with E-state index in [9.17, 15) is 0 Å². The summed E-state index contributed by atoms with van der Waals surface area (Å²) in [5, 5.41) is 0. The second-order valence-corrected chi connectivity index (χ2v) is 8.08. The Morgan fingerprint density at radius 2 is 1.52 bits per heavy atom. The van der Waals surface area contributed by atoms with Gasteiger partial charge in [-0.05, 0) is 61.2 Å². The molecule has 1 aromatic heterocycles. The third-order valence-electron chi connectivity index (χ3n) is 6.70. The maximum absolute atomic E-state index is 4.63. The van der Waals surface area contributed by atoms with E-state index in [-0.39, 0.29) is 5.54 Å². The SMILES string of the molecule is C=C1c2ccccc2-c2n(-c3ccccc3)c3cc(C)ccc3[n+]2C1(CC)CC. The number of benzene rings is 3. The Hall–Kier alpha value is -3.13. The van der Waals surface area contributed by atoms with Crippen molar-refractivity contribution >= 4 is 16.6 Å². The van der Waals surface area contributed by atoms with Gasteiger partial charge in [0.2, 0.25) is 0 Å². The van der Waals surface area contributed by atoms with Gasteiger partial charge in [0.05, 0.1) is 5.56 Å². The first-order chi connectivity index (χ1) is 14.1. The van der Waals surface area contributed by atoms with Crippen molar-refractivity contribution in [3.63, 3.8) is 0 Å². The summed E-state index contributed by atoms with van der Waals surface area (Å²) in [4.78, 5) is 0. The molecule has 0 bridgehead atoms. The van der Waals surface area contributed by atoms with Crippen LogP contribution in [0.25, 0.3) is 33.7 Å². The third kappa shape index (κ3) is 2.32. The van der Waals surface area contributed by atoms with Crippen molar-refractivity contribution < 1.29 is 4.57 Å².